The Bertz CT molecular complexity index is 1070. The number of rotatable bonds is 3. The van der Waals surface area contributed by atoms with E-state index in [9.17, 15) is 4.79 Å². The summed E-state index contributed by atoms with van der Waals surface area (Å²) in [6.45, 7) is 2.36. The first-order chi connectivity index (χ1) is 14.1. The van der Waals surface area contributed by atoms with E-state index in [1.165, 1.54) is 22.3 Å². The fourth-order valence-electron chi connectivity index (χ4n) is 3.57. The normalized spacial score (nSPS) is 11.8. The molecular weight excluding hydrogens is 384 g/mol. The van der Waals surface area contributed by atoms with E-state index in [1.807, 2.05) is 37.3 Å². The van der Waals surface area contributed by atoms with Gasteiger partial charge in [-0.3, -0.25) is 0 Å². The van der Waals surface area contributed by atoms with E-state index in [1.54, 1.807) is 6.20 Å². The van der Waals surface area contributed by atoms with Crippen LogP contribution in [0.3, 0.4) is 0 Å². The van der Waals surface area contributed by atoms with Crippen LogP contribution in [0, 0.1) is 18.8 Å². The van der Waals surface area contributed by atoms with Gasteiger partial charge in [-0.05, 0) is 40.8 Å². The lowest BCUT2D eigenvalue weighted by Crippen LogP contribution is -2.26. The molecule has 0 atom stereocenters. The molecule has 0 aliphatic heterocycles. The van der Waals surface area contributed by atoms with Gasteiger partial charge in [0.2, 0.25) is 0 Å². The molecule has 0 saturated carbocycles. The van der Waals surface area contributed by atoms with E-state index in [0.717, 1.165) is 5.56 Å². The predicted molar refractivity (Wildman–Crippen MR) is 114 cm³/mol. The molecule has 1 aromatic heterocycles. The van der Waals surface area contributed by atoms with Crippen molar-refractivity contribution in [3.63, 3.8) is 0 Å². The number of benzene rings is 2. The van der Waals surface area contributed by atoms with E-state index in [4.69, 9.17) is 16.3 Å². The summed E-state index contributed by atoms with van der Waals surface area (Å²) in [5.41, 5.74) is 6.38. The van der Waals surface area contributed by atoms with Crippen LogP contribution in [0.1, 0.15) is 28.2 Å². The highest BCUT2D eigenvalue weighted by Gasteiger charge is 2.28. The first kappa shape index (κ1) is 19.0. The third-order valence-corrected chi connectivity index (χ3v) is 5.28. The standard InChI is InChI=1S/C24H19ClN2O2/c1-16-12-14-26-23(25)17(16)11-6-13-27-24(28)29-15-22-20-9-4-2-7-18(20)19-8-3-5-10-21(19)22/h2-5,7-10,12,14,22H,13,15H2,1H3,(H,27,28). The van der Waals surface area contributed by atoms with Crippen LogP contribution < -0.4 is 5.32 Å². The van der Waals surface area contributed by atoms with Gasteiger partial charge in [0.05, 0.1) is 12.1 Å². The number of carbonyl (C=O) groups excluding carboxylic acids is 1. The number of nitrogens with one attached hydrogen (secondary N) is 1. The van der Waals surface area contributed by atoms with Crippen LogP contribution in [-0.2, 0) is 4.74 Å². The number of carbonyl (C=O) groups is 1. The molecule has 0 unspecified atom stereocenters. The van der Waals surface area contributed by atoms with Crippen molar-refractivity contribution in [2.75, 3.05) is 13.2 Å². The monoisotopic (exact) mass is 402 g/mol. The molecule has 29 heavy (non-hydrogen) atoms. The molecule has 1 N–H and O–H groups in total. The Hall–Kier alpha value is -3.29. The van der Waals surface area contributed by atoms with Crippen molar-refractivity contribution in [3.8, 4) is 23.0 Å². The minimum absolute atomic E-state index is 0.0380. The number of fused-ring (bicyclic) bond motifs is 3. The fourth-order valence-corrected chi connectivity index (χ4v) is 3.83. The summed E-state index contributed by atoms with van der Waals surface area (Å²) < 4.78 is 5.48. The van der Waals surface area contributed by atoms with Gasteiger partial charge in [0.25, 0.3) is 0 Å². The Balaban J connectivity index is 1.37. The summed E-state index contributed by atoms with van der Waals surface area (Å²) >= 11 is 6.05. The first-order valence-electron chi connectivity index (χ1n) is 9.34. The molecule has 1 aliphatic rings. The van der Waals surface area contributed by atoms with E-state index >= 15 is 0 Å². The predicted octanol–water partition coefficient (Wildman–Crippen LogP) is 4.93. The largest absolute Gasteiger partial charge is 0.449 e. The lowest BCUT2D eigenvalue weighted by molar-refractivity contribution is 0.144. The summed E-state index contributed by atoms with van der Waals surface area (Å²) in [6.07, 6.45) is 1.15. The van der Waals surface area contributed by atoms with Gasteiger partial charge in [0, 0.05) is 12.1 Å². The molecule has 4 rings (SSSR count). The van der Waals surface area contributed by atoms with Crippen molar-refractivity contribution in [1.82, 2.24) is 10.3 Å². The second kappa shape index (κ2) is 8.38. The molecule has 0 spiro atoms. The maximum atomic E-state index is 12.1. The molecule has 144 valence electrons. The average molecular weight is 403 g/mol. The van der Waals surface area contributed by atoms with Crippen molar-refractivity contribution in [3.05, 3.63) is 88.2 Å². The number of ether oxygens (including phenoxy) is 1. The SMILES string of the molecule is Cc1ccnc(Cl)c1C#CCNC(=O)OCC1c2ccccc2-c2ccccc21. The van der Waals surface area contributed by atoms with E-state index in [2.05, 4.69) is 46.4 Å². The number of hydrogen-bond donors (Lipinski definition) is 1. The van der Waals surface area contributed by atoms with Crippen LogP contribution in [-0.4, -0.2) is 24.2 Å². The van der Waals surface area contributed by atoms with Crippen LogP contribution in [0.15, 0.2) is 60.8 Å². The zero-order valence-corrected chi connectivity index (χ0v) is 16.7. The zero-order valence-electron chi connectivity index (χ0n) is 15.9. The molecule has 2 aromatic carbocycles. The number of aromatic nitrogens is 1. The second-order valence-electron chi connectivity index (χ2n) is 6.77. The van der Waals surface area contributed by atoms with Crippen molar-refractivity contribution in [2.24, 2.45) is 0 Å². The highest BCUT2D eigenvalue weighted by atomic mass is 35.5. The van der Waals surface area contributed by atoms with Gasteiger partial charge in [-0.1, -0.05) is 72.0 Å². The number of alkyl carbamates (subject to hydrolysis) is 1. The number of hydrogen-bond acceptors (Lipinski definition) is 3. The molecule has 1 amide bonds. The summed E-state index contributed by atoms with van der Waals surface area (Å²) in [6, 6.07) is 18.3. The van der Waals surface area contributed by atoms with Gasteiger partial charge in [0.15, 0.2) is 0 Å². The van der Waals surface area contributed by atoms with Crippen molar-refractivity contribution < 1.29 is 9.53 Å². The van der Waals surface area contributed by atoms with E-state index in [0.29, 0.717) is 10.7 Å². The van der Waals surface area contributed by atoms with Gasteiger partial charge < -0.3 is 10.1 Å². The number of amides is 1. The minimum atomic E-state index is -0.491. The maximum Gasteiger partial charge on any atom is 0.407 e. The average Bonchev–Trinajstić information content (AvgIpc) is 3.05. The van der Waals surface area contributed by atoms with Crippen LogP contribution >= 0.6 is 11.6 Å². The lowest BCUT2D eigenvalue weighted by atomic mass is 9.98. The van der Waals surface area contributed by atoms with Gasteiger partial charge in [0.1, 0.15) is 11.8 Å². The number of nitrogens with zero attached hydrogens (tertiary/aromatic N) is 1. The zero-order chi connectivity index (χ0) is 20.2. The van der Waals surface area contributed by atoms with Crippen molar-refractivity contribution in [2.45, 2.75) is 12.8 Å². The Labute approximate surface area is 174 Å². The molecule has 0 radical (unpaired) electrons. The van der Waals surface area contributed by atoms with Crippen LogP contribution in [0.25, 0.3) is 11.1 Å². The molecule has 4 nitrogen and oxygen atoms in total. The number of aryl methyl sites for hydroxylation is 1. The third kappa shape index (κ3) is 3.96. The topological polar surface area (TPSA) is 51.2 Å². The van der Waals surface area contributed by atoms with Gasteiger partial charge in [-0.2, -0.15) is 0 Å². The summed E-state index contributed by atoms with van der Waals surface area (Å²) in [5.74, 6) is 5.87. The molecule has 1 heterocycles. The third-order valence-electron chi connectivity index (χ3n) is 4.99. The second-order valence-corrected chi connectivity index (χ2v) is 7.13. The van der Waals surface area contributed by atoms with E-state index < -0.39 is 6.09 Å². The highest BCUT2D eigenvalue weighted by Crippen LogP contribution is 2.44. The van der Waals surface area contributed by atoms with Gasteiger partial charge in [-0.25, -0.2) is 9.78 Å². The van der Waals surface area contributed by atoms with Crippen molar-refractivity contribution >= 4 is 17.7 Å². The maximum absolute atomic E-state index is 12.1. The summed E-state index contributed by atoms with van der Waals surface area (Å²) in [5, 5.41) is 3.03. The van der Waals surface area contributed by atoms with Crippen LogP contribution in [0.2, 0.25) is 5.15 Å². The molecular formula is C24H19ClN2O2. The molecule has 0 saturated heterocycles. The Kier molecular flexibility index (Phi) is 5.50. The molecule has 1 aliphatic carbocycles. The van der Waals surface area contributed by atoms with Crippen LogP contribution in [0.4, 0.5) is 4.79 Å². The van der Waals surface area contributed by atoms with E-state index in [-0.39, 0.29) is 19.1 Å². The summed E-state index contributed by atoms with van der Waals surface area (Å²) in [7, 11) is 0. The minimum Gasteiger partial charge on any atom is -0.449 e. The van der Waals surface area contributed by atoms with Crippen LogP contribution in [0.5, 0.6) is 0 Å². The Morgan fingerprint density at radius 1 is 1.10 bits per heavy atom. The van der Waals surface area contributed by atoms with Gasteiger partial charge >= 0.3 is 6.09 Å². The molecule has 0 bridgehead atoms. The molecule has 0 fully saturated rings. The quantitative estimate of drug-likeness (QED) is 0.499. The fraction of sp³-hybridized carbons (Fsp3) is 0.167. The highest BCUT2D eigenvalue weighted by molar-refractivity contribution is 6.30. The Morgan fingerprint density at radius 3 is 2.41 bits per heavy atom. The number of halogens is 1. The molecule has 5 heteroatoms. The smallest absolute Gasteiger partial charge is 0.407 e. The Morgan fingerprint density at radius 2 is 1.76 bits per heavy atom. The molecule has 3 aromatic rings. The van der Waals surface area contributed by atoms with Crippen molar-refractivity contribution in [1.29, 1.82) is 0 Å². The number of pyridine rings is 1. The first-order valence-corrected chi connectivity index (χ1v) is 9.72. The van der Waals surface area contributed by atoms with Gasteiger partial charge in [-0.15, -0.1) is 0 Å². The summed E-state index contributed by atoms with van der Waals surface area (Å²) in [4.78, 5) is 16.1. The lowest BCUT2D eigenvalue weighted by Gasteiger charge is -2.14.